The summed E-state index contributed by atoms with van der Waals surface area (Å²) in [5, 5.41) is 14.0. The summed E-state index contributed by atoms with van der Waals surface area (Å²) < 4.78 is 11.8. The predicted molar refractivity (Wildman–Crippen MR) is 107 cm³/mol. The number of hydrazone groups is 1. The monoisotopic (exact) mass is 484 g/mol. The summed E-state index contributed by atoms with van der Waals surface area (Å²) in [5.74, 6) is 0.420. The van der Waals surface area contributed by atoms with Crippen LogP contribution in [0, 0.1) is 13.8 Å². The third-order valence-corrected chi connectivity index (χ3v) is 5.50. The summed E-state index contributed by atoms with van der Waals surface area (Å²) in [6.45, 7) is 3.73. The van der Waals surface area contributed by atoms with Gasteiger partial charge in [0.2, 0.25) is 0 Å². The van der Waals surface area contributed by atoms with Crippen molar-refractivity contribution in [2.75, 3.05) is 13.7 Å². The molecule has 8 heteroatoms. The maximum absolute atomic E-state index is 11.9. The number of halogens is 2. The van der Waals surface area contributed by atoms with E-state index in [-0.39, 0.29) is 18.1 Å². The van der Waals surface area contributed by atoms with Crippen molar-refractivity contribution in [1.82, 2.24) is 5.43 Å². The van der Waals surface area contributed by atoms with E-state index >= 15 is 0 Å². The average molecular weight is 486 g/mol. The van der Waals surface area contributed by atoms with Crippen LogP contribution in [0.15, 0.2) is 38.3 Å². The normalized spacial score (nSPS) is 10.8. The minimum Gasteiger partial charge on any atom is -0.504 e. The second kappa shape index (κ2) is 9.05. The van der Waals surface area contributed by atoms with Crippen molar-refractivity contribution >= 4 is 44.0 Å². The van der Waals surface area contributed by atoms with E-state index in [0.717, 1.165) is 11.1 Å². The first-order chi connectivity index (χ1) is 12.3. The van der Waals surface area contributed by atoms with Gasteiger partial charge in [0.15, 0.2) is 18.1 Å². The summed E-state index contributed by atoms with van der Waals surface area (Å²) in [6.07, 6.45) is 1.32. The maximum Gasteiger partial charge on any atom is 0.277 e. The number of ether oxygens (including phenoxy) is 2. The lowest BCUT2D eigenvalue weighted by molar-refractivity contribution is -0.123. The first-order valence-electron chi connectivity index (χ1n) is 7.60. The lowest BCUT2D eigenvalue weighted by Gasteiger charge is -2.10. The molecule has 2 aromatic carbocycles. The number of amides is 1. The van der Waals surface area contributed by atoms with Gasteiger partial charge in [-0.15, -0.1) is 0 Å². The number of methoxy groups -OCH3 is 1. The van der Waals surface area contributed by atoms with E-state index in [1.54, 1.807) is 6.07 Å². The molecule has 0 saturated heterocycles. The molecule has 26 heavy (non-hydrogen) atoms. The molecule has 0 heterocycles. The van der Waals surface area contributed by atoms with Crippen molar-refractivity contribution in [2.45, 2.75) is 13.8 Å². The number of carbonyl (C=O) groups excluding carboxylic acids is 1. The van der Waals surface area contributed by atoms with Crippen LogP contribution in [0.1, 0.15) is 16.7 Å². The zero-order valence-electron chi connectivity index (χ0n) is 14.5. The maximum atomic E-state index is 11.9. The fourth-order valence-electron chi connectivity index (χ4n) is 2.19. The van der Waals surface area contributed by atoms with Crippen LogP contribution in [-0.4, -0.2) is 30.9 Å². The van der Waals surface area contributed by atoms with E-state index in [0.29, 0.717) is 20.3 Å². The first kappa shape index (κ1) is 20.3. The van der Waals surface area contributed by atoms with Crippen LogP contribution in [0.4, 0.5) is 0 Å². The molecule has 0 aliphatic heterocycles. The molecular formula is C18H18Br2N2O4. The minimum absolute atomic E-state index is 0.0906. The number of aromatic hydroxyl groups is 1. The Balaban J connectivity index is 2.00. The first-order valence-corrected chi connectivity index (χ1v) is 9.19. The van der Waals surface area contributed by atoms with Crippen LogP contribution < -0.4 is 14.9 Å². The molecule has 2 rings (SSSR count). The number of hydrogen-bond donors (Lipinski definition) is 2. The lowest BCUT2D eigenvalue weighted by atomic mass is 10.1. The molecule has 2 N–H and O–H groups in total. The molecule has 0 aliphatic rings. The Hall–Kier alpha value is -2.06. The fourth-order valence-corrected chi connectivity index (χ4v) is 3.02. The van der Waals surface area contributed by atoms with E-state index in [1.165, 1.54) is 13.3 Å². The molecule has 0 unspecified atom stereocenters. The highest BCUT2D eigenvalue weighted by molar-refractivity contribution is 9.13. The molecule has 0 aromatic heterocycles. The van der Waals surface area contributed by atoms with Gasteiger partial charge in [-0.1, -0.05) is 17.7 Å². The Morgan fingerprint density at radius 3 is 2.65 bits per heavy atom. The molecule has 138 valence electrons. The molecule has 0 spiro atoms. The molecule has 0 aliphatic carbocycles. The van der Waals surface area contributed by atoms with E-state index in [9.17, 15) is 9.90 Å². The quantitative estimate of drug-likeness (QED) is 0.477. The Bertz CT molecular complexity index is 854. The summed E-state index contributed by atoms with van der Waals surface area (Å²) >= 11 is 6.69. The molecule has 6 nitrogen and oxygen atoms in total. The SMILES string of the molecule is COc1cc(Br)c(Br)c(C=NNC(=O)COc2ccc(C)cc2C)c1O. The van der Waals surface area contributed by atoms with Crippen molar-refractivity contribution in [3.63, 3.8) is 0 Å². The molecule has 0 radical (unpaired) electrons. The molecule has 1 amide bonds. The zero-order chi connectivity index (χ0) is 19.3. The number of phenols is 1. The number of nitrogens with zero attached hydrogens (tertiary/aromatic N) is 1. The van der Waals surface area contributed by atoms with Gasteiger partial charge in [0, 0.05) is 8.95 Å². The average Bonchev–Trinajstić information content (AvgIpc) is 2.60. The van der Waals surface area contributed by atoms with Gasteiger partial charge in [-0.3, -0.25) is 4.79 Å². The Morgan fingerprint density at radius 1 is 1.27 bits per heavy atom. The number of nitrogens with one attached hydrogen (secondary N) is 1. The third kappa shape index (κ3) is 4.98. The zero-order valence-corrected chi connectivity index (χ0v) is 17.6. The Labute approximate surface area is 168 Å². The van der Waals surface area contributed by atoms with E-state index in [2.05, 4.69) is 42.4 Å². The highest BCUT2D eigenvalue weighted by atomic mass is 79.9. The molecule has 0 saturated carbocycles. The number of aryl methyl sites for hydroxylation is 2. The Morgan fingerprint density at radius 2 is 2.00 bits per heavy atom. The summed E-state index contributed by atoms with van der Waals surface area (Å²) in [5.41, 5.74) is 4.81. The fraction of sp³-hybridized carbons (Fsp3) is 0.222. The highest BCUT2D eigenvalue weighted by Crippen LogP contribution is 2.39. The van der Waals surface area contributed by atoms with Gasteiger partial charge in [0.25, 0.3) is 5.91 Å². The molecule has 0 bridgehead atoms. The Kier molecular flexibility index (Phi) is 7.05. The molecule has 2 aromatic rings. The number of benzene rings is 2. The minimum atomic E-state index is -0.418. The number of carbonyl (C=O) groups is 1. The van der Waals surface area contributed by atoms with E-state index in [4.69, 9.17) is 9.47 Å². The van der Waals surface area contributed by atoms with E-state index in [1.807, 2.05) is 32.0 Å². The third-order valence-electron chi connectivity index (χ3n) is 3.48. The number of hydrogen-bond acceptors (Lipinski definition) is 5. The largest absolute Gasteiger partial charge is 0.504 e. The van der Waals surface area contributed by atoms with E-state index < -0.39 is 5.91 Å². The van der Waals surface area contributed by atoms with Crippen LogP contribution in [0.3, 0.4) is 0 Å². The summed E-state index contributed by atoms with van der Waals surface area (Å²) in [7, 11) is 1.45. The van der Waals surface area contributed by atoms with Crippen molar-refractivity contribution in [3.8, 4) is 17.2 Å². The van der Waals surface area contributed by atoms with Gasteiger partial charge in [0.1, 0.15) is 5.75 Å². The van der Waals surface area contributed by atoms with Gasteiger partial charge >= 0.3 is 0 Å². The standard InChI is InChI=1S/C18H18Br2N2O4/c1-10-4-5-14(11(2)6-10)26-9-16(23)22-21-8-12-17(20)13(19)7-15(25-3)18(12)24/h4-8,24H,9H2,1-3H3,(H,22,23). The second-order valence-corrected chi connectivity index (χ2v) is 7.14. The molecule has 0 fully saturated rings. The van der Waals surface area contributed by atoms with Crippen LogP contribution in [0.5, 0.6) is 17.2 Å². The summed E-state index contributed by atoms with van der Waals surface area (Å²) in [6, 6.07) is 7.34. The number of phenolic OH excluding ortho intramolecular Hbond substituents is 1. The highest BCUT2D eigenvalue weighted by Gasteiger charge is 2.14. The van der Waals surface area contributed by atoms with Crippen molar-refractivity contribution < 1.29 is 19.4 Å². The molecular weight excluding hydrogens is 468 g/mol. The smallest absolute Gasteiger partial charge is 0.277 e. The van der Waals surface area contributed by atoms with Gasteiger partial charge in [-0.25, -0.2) is 5.43 Å². The van der Waals surface area contributed by atoms with Gasteiger partial charge < -0.3 is 14.6 Å². The van der Waals surface area contributed by atoms with Crippen LogP contribution >= 0.6 is 31.9 Å². The van der Waals surface area contributed by atoms with Crippen molar-refractivity contribution in [1.29, 1.82) is 0 Å². The van der Waals surface area contributed by atoms with Gasteiger partial charge in [-0.2, -0.15) is 5.10 Å². The van der Waals surface area contributed by atoms with Gasteiger partial charge in [-0.05, 0) is 63.4 Å². The molecule has 0 atom stereocenters. The summed E-state index contributed by atoms with van der Waals surface area (Å²) in [4.78, 5) is 11.9. The number of rotatable bonds is 6. The second-order valence-electron chi connectivity index (χ2n) is 5.49. The van der Waals surface area contributed by atoms with Crippen LogP contribution in [-0.2, 0) is 4.79 Å². The van der Waals surface area contributed by atoms with Crippen LogP contribution in [0.25, 0.3) is 0 Å². The van der Waals surface area contributed by atoms with Gasteiger partial charge in [0.05, 0.1) is 18.9 Å². The topological polar surface area (TPSA) is 80.2 Å². The predicted octanol–water partition coefficient (Wildman–Crippen LogP) is 4.07. The van der Waals surface area contributed by atoms with Crippen LogP contribution in [0.2, 0.25) is 0 Å². The van der Waals surface area contributed by atoms with Crippen molar-refractivity contribution in [3.05, 3.63) is 49.9 Å². The lowest BCUT2D eigenvalue weighted by Crippen LogP contribution is -2.24. The van der Waals surface area contributed by atoms with Crippen molar-refractivity contribution in [2.24, 2.45) is 5.10 Å².